The average Bonchev–Trinajstić information content (AvgIpc) is 3.16. The van der Waals surface area contributed by atoms with Crippen molar-refractivity contribution in [2.75, 3.05) is 18.0 Å². The van der Waals surface area contributed by atoms with Crippen LogP contribution in [0.25, 0.3) is 11.1 Å². The minimum absolute atomic E-state index is 0.132. The Kier molecular flexibility index (Phi) is 5.15. The number of pyridine rings is 1. The highest BCUT2D eigenvalue weighted by Crippen LogP contribution is 2.32. The van der Waals surface area contributed by atoms with Crippen LogP contribution in [0.1, 0.15) is 12.0 Å². The smallest absolute Gasteiger partial charge is 0.417 e. The number of halogens is 3. The van der Waals surface area contributed by atoms with E-state index in [0.717, 1.165) is 47.7 Å². The van der Waals surface area contributed by atoms with Crippen molar-refractivity contribution in [3.63, 3.8) is 0 Å². The first-order chi connectivity index (χ1) is 13.9. The summed E-state index contributed by atoms with van der Waals surface area (Å²) in [6.07, 6.45) is -2.96. The number of aromatic nitrogens is 1. The predicted molar refractivity (Wildman–Crippen MR) is 105 cm³/mol. The van der Waals surface area contributed by atoms with E-state index in [-0.39, 0.29) is 12.0 Å². The van der Waals surface area contributed by atoms with Crippen LogP contribution in [0.15, 0.2) is 66.9 Å². The summed E-state index contributed by atoms with van der Waals surface area (Å²) in [6.45, 7) is 1.43. The third kappa shape index (κ3) is 4.35. The zero-order chi connectivity index (χ0) is 20.4. The third-order valence-corrected chi connectivity index (χ3v) is 5.02. The third-order valence-electron chi connectivity index (χ3n) is 5.02. The normalized spacial score (nSPS) is 16.8. The molecule has 0 aliphatic carbocycles. The van der Waals surface area contributed by atoms with Crippen LogP contribution in [0.2, 0.25) is 0 Å². The van der Waals surface area contributed by atoms with Gasteiger partial charge in [-0.05, 0) is 23.3 Å². The number of nitrogens with zero attached hydrogens (tertiary/aromatic N) is 2. The lowest BCUT2D eigenvalue weighted by molar-refractivity contribution is -0.253. The van der Waals surface area contributed by atoms with Crippen molar-refractivity contribution in [2.24, 2.45) is 0 Å². The molecule has 1 aliphatic heterocycles. The molecule has 0 bridgehead atoms. The van der Waals surface area contributed by atoms with Gasteiger partial charge in [-0.2, -0.15) is 13.2 Å². The number of ether oxygens (including phenoxy) is 1. The Balaban J connectivity index is 1.42. The molecule has 1 saturated heterocycles. The number of quaternary nitrogens is 1. The molecule has 3 aromatic rings. The lowest BCUT2D eigenvalue weighted by atomic mass is 10.0. The number of hydrogen-bond donors (Lipinski definition) is 1. The molecule has 1 fully saturated rings. The highest BCUT2D eigenvalue weighted by atomic mass is 19.4. The van der Waals surface area contributed by atoms with Gasteiger partial charge in [0.2, 0.25) is 5.88 Å². The topological polar surface area (TPSA) is 53.0 Å². The van der Waals surface area contributed by atoms with Gasteiger partial charge >= 0.3 is 6.18 Å². The van der Waals surface area contributed by atoms with Crippen LogP contribution in [-0.2, 0) is 6.18 Å². The number of hydrogen-bond acceptors (Lipinski definition) is 3. The van der Waals surface area contributed by atoms with Crippen molar-refractivity contribution in [1.82, 2.24) is 4.98 Å². The van der Waals surface area contributed by atoms with Gasteiger partial charge < -0.3 is 15.4 Å². The van der Waals surface area contributed by atoms with Gasteiger partial charge in [0.25, 0.3) is 0 Å². The second-order valence-corrected chi connectivity index (χ2v) is 7.07. The number of benzene rings is 2. The number of rotatable bonds is 4. The highest BCUT2D eigenvalue weighted by molar-refractivity contribution is 5.73. The van der Waals surface area contributed by atoms with Crippen molar-refractivity contribution >= 4 is 11.4 Å². The van der Waals surface area contributed by atoms with E-state index in [2.05, 4.69) is 45.9 Å². The Morgan fingerprint density at radius 1 is 1.00 bits per heavy atom. The summed E-state index contributed by atoms with van der Waals surface area (Å²) >= 11 is 0. The maximum Gasteiger partial charge on any atom is 0.417 e. The largest absolute Gasteiger partial charge is 0.472 e. The quantitative estimate of drug-likeness (QED) is 0.711. The molecule has 0 spiro atoms. The molecule has 3 N–H and O–H groups in total. The summed E-state index contributed by atoms with van der Waals surface area (Å²) in [6, 6.07) is 18.6. The molecule has 1 aliphatic rings. The Morgan fingerprint density at radius 3 is 2.45 bits per heavy atom. The van der Waals surface area contributed by atoms with Gasteiger partial charge in [-0.3, -0.25) is 0 Å². The Bertz CT molecular complexity index is 975. The van der Waals surface area contributed by atoms with E-state index >= 15 is 0 Å². The van der Waals surface area contributed by atoms with Crippen molar-refractivity contribution < 1.29 is 23.6 Å². The Morgan fingerprint density at radius 2 is 1.79 bits per heavy atom. The summed E-state index contributed by atoms with van der Waals surface area (Å²) < 4.78 is 43.7. The number of anilines is 1. The minimum atomic E-state index is -4.40. The second kappa shape index (κ2) is 7.75. The fraction of sp³-hybridized carbons (Fsp3) is 0.227. The molecule has 1 aromatic heterocycles. The Labute approximate surface area is 166 Å². The molecule has 29 heavy (non-hydrogen) atoms. The first-order valence-corrected chi connectivity index (χ1v) is 9.36. The molecule has 7 heteroatoms. The van der Waals surface area contributed by atoms with Crippen molar-refractivity contribution in [3.8, 4) is 17.0 Å². The first-order valence-electron chi connectivity index (χ1n) is 9.36. The molecular weight excluding hydrogens is 379 g/mol. The minimum Gasteiger partial charge on any atom is -0.472 e. The molecule has 0 saturated carbocycles. The van der Waals surface area contributed by atoms with Crippen LogP contribution < -0.4 is 15.4 Å². The highest BCUT2D eigenvalue weighted by Gasteiger charge is 2.31. The second-order valence-electron chi connectivity index (χ2n) is 7.07. The van der Waals surface area contributed by atoms with Crippen LogP contribution in [0.3, 0.4) is 0 Å². The summed E-state index contributed by atoms with van der Waals surface area (Å²) in [5.74, 6) is 0.208. The molecule has 1 atom stereocenters. The van der Waals surface area contributed by atoms with Gasteiger partial charge in [-0.1, -0.05) is 36.4 Å². The van der Waals surface area contributed by atoms with E-state index in [9.17, 15) is 13.2 Å². The molecule has 4 rings (SSSR count). The number of alkyl halides is 3. The first kappa shape index (κ1) is 19.3. The van der Waals surface area contributed by atoms with E-state index in [1.54, 1.807) is 0 Å². The SMILES string of the molecule is [NH3+]c1cc(-c2ccccc2)ccc1N1CC[C@H](Oc2ccc(C(F)(F)F)cn2)C1. The molecule has 4 nitrogen and oxygen atoms in total. The standard InChI is InChI=1S/C22H20F3N3O/c23-22(24,25)17-7-9-21(27-13-17)29-18-10-11-28(14-18)20-8-6-16(12-19(20)26)15-4-2-1-3-5-15/h1-9,12-13,18H,10-11,14,26H2/p+1/t18-/m0/s1. The van der Waals surface area contributed by atoms with Crippen LogP contribution in [0, 0.1) is 0 Å². The lowest BCUT2D eigenvalue weighted by Gasteiger charge is -2.20. The van der Waals surface area contributed by atoms with Crippen molar-refractivity contribution in [2.45, 2.75) is 18.7 Å². The molecular formula is C22H21F3N3O+. The van der Waals surface area contributed by atoms with E-state index < -0.39 is 11.7 Å². The molecule has 2 aromatic carbocycles. The molecule has 2 heterocycles. The van der Waals surface area contributed by atoms with Gasteiger partial charge in [0.05, 0.1) is 17.8 Å². The fourth-order valence-electron chi connectivity index (χ4n) is 3.54. The van der Waals surface area contributed by atoms with Gasteiger partial charge in [0.1, 0.15) is 6.10 Å². The summed E-state index contributed by atoms with van der Waals surface area (Å²) in [5, 5.41) is 0. The fourth-order valence-corrected chi connectivity index (χ4v) is 3.54. The summed E-state index contributed by atoms with van der Waals surface area (Å²) in [5.41, 5.74) is 7.63. The van der Waals surface area contributed by atoms with E-state index in [4.69, 9.17) is 4.74 Å². The van der Waals surface area contributed by atoms with Crippen LogP contribution in [0.4, 0.5) is 24.5 Å². The van der Waals surface area contributed by atoms with Crippen molar-refractivity contribution in [1.29, 1.82) is 0 Å². The van der Waals surface area contributed by atoms with Crippen LogP contribution in [-0.4, -0.2) is 24.2 Å². The van der Waals surface area contributed by atoms with Gasteiger partial charge in [-0.25, -0.2) is 4.98 Å². The molecule has 0 radical (unpaired) electrons. The van der Waals surface area contributed by atoms with Crippen molar-refractivity contribution in [3.05, 3.63) is 72.4 Å². The summed E-state index contributed by atoms with van der Waals surface area (Å²) in [4.78, 5) is 5.98. The average molecular weight is 400 g/mol. The molecule has 0 amide bonds. The van der Waals surface area contributed by atoms with E-state index in [1.807, 2.05) is 18.2 Å². The zero-order valence-corrected chi connectivity index (χ0v) is 15.7. The molecule has 150 valence electrons. The maximum absolute atomic E-state index is 12.6. The lowest BCUT2D eigenvalue weighted by Crippen LogP contribution is -2.42. The predicted octanol–water partition coefficient (Wildman–Crippen LogP) is 4.30. The van der Waals surface area contributed by atoms with Crippen LogP contribution >= 0.6 is 0 Å². The van der Waals surface area contributed by atoms with Gasteiger partial charge in [0.15, 0.2) is 5.69 Å². The van der Waals surface area contributed by atoms with E-state index in [0.29, 0.717) is 6.54 Å². The van der Waals surface area contributed by atoms with Gasteiger partial charge in [0, 0.05) is 31.3 Å². The van der Waals surface area contributed by atoms with E-state index in [1.165, 1.54) is 6.07 Å². The monoisotopic (exact) mass is 400 g/mol. The Hall–Kier alpha value is -3.06. The maximum atomic E-state index is 12.6. The molecule has 0 unspecified atom stereocenters. The summed E-state index contributed by atoms with van der Waals surface area (Å²) in [7, 11) is 0. The van der Waals surface area contributed by atoms with Gasteiger partial charge in [-0.15, -0.1) is 0 Å². The van der Waals surface area contributed by atoms with Crippen LogP contribution in [0.5, 0.6) is 5.88 Å². The zero-order valence-electron chi connectivity index (χ0n) is 15.7.